The number of urea groups is 1. The molecule has 11 nitrogen and oxygen atoms in total. The topological polar surface area (TPSA) is 139 Å². The van der Waals surface area contributed by atoms with Gasteiger partial charge in [-0.1, -0.05) is 57.2 Å². The number of nitrogens with zero attached hydrogens (tertiary/aromatic N) is 3. The molecule has 0 aliphatic carbocycles. The quantitative estimate of drug-likeness (QED) is 0.409. The Morgan fingerprint density at radius 2 is 1.57 bits per heavy atom. The molecule has 0 bridgehead atoms. The van der Waals surface area contributed by atoms with E-state index in [1.807, 2.05) is 6.07 Å². The van der Waals surface area contributed by atoms with E-state index in [0.717, 1.165) is 0 Å². The third-order valence-electron chi connectivity index (χ3n) is 6.76. The van der Waals surface area contributed by atoms with Crippen LogP contribution in [0.25, 0.3) is 0 Å². The summed E-state index contributed by atoms with van der Waals surface area (Å²) < 4.78 is 0. The van der Waals surface area contributed by atoms with Gasteiger partial charge in [-0.2, -0.15) is 0 Å². The van der Waals surface area contributed by atoms with Crippen LogP contribution in [0.5, 0.6) is 0 Å². The van der Waals surface area contributed by atoms with Crippen LogP contribution >= 0.6 is 0 Å². The van der Waals surface area contributed by atoms with E-state index < -0.39 is 29.4 Å². The molecule has 0 fully saturated rings. The molecule has 5 amide bonds. The molecule has 1 atom stereocenters. The second kappa shape index (κ2) is 12.1. The normalized spacial score (nSPS) is 14.9. The molecule has 1 aliphatic heterocycles. The number of rotatable bonds is 6. The van der Waals surface area contributed by atoms with Gasteiger partial charge in [-0.3, -0.25) is 19.3 Å². The molecule has 218 valence electrons. The van der Waals surface area contributed by atoms with E-state index in [4.69, 9.17) is 0 Å². The number of para-hydroxylation sites is 3. The minimum absolute atomic E-state index is 0.0250. The highest BCUT2D eigenvalue weighted by Crippen LogP contribution is 2.35. The summed E-state index contributed by atoms with van der Waals surface area (Å²) in [5.74, 6) is -2.41. The van der Waals surface area contributed by atoms with Gasteiger partial charge in [0.1, 0.15) is 12.6 Å². The van der Waals surface area contributed by atoms with Crippen LogP contribution in [0.4, 0.5) is 27.5 Å². The van der Waals surface area contributed by atoms with Crippen LogP contribution in [0.3, 0.4) is 0 Å². The lowest BCUT2D eigenvalue weighted by atomic mass is 9.94. The average Bonchev–Trinajstić information content (AvgIpc) is 3.07. The van der Waals surface area contributed by atoms with Crippen LogP contribution in [0, 0.1) is 5.41 Å². The maximum Gasteiger partial charge on any atom is 0.335 e. The van der Waals surface area contributed by atoms with Gasteiger partial charge < -0.3 is 25.5 Å². The highest BCUT2D eigenvalue weighted by Gasteiger charge is 2.40. The number of hydrogen-bond donors (Lipinski definition) is 3. The van der Waals surface area contributed by atoms with Crippen molar-refractivity contribution in [3.8, 4) is 0 Å². The van der Waals surface area contributed by atoms with Gasteiger partial charge in [-0.05, 0) is 42.5 Å². The summed E-state index contributed by atoms with van der Waals surface area (Å²) in [6.45, 7) is 4.73. The predicted octanol–water partition coefficient (Wildman–Crippen LogP) is 3.96. The Balaban J connectivity index is 1.68. The van der Waals surface area contributed by atoms with Gasteiger partial charge in [0.2, 0.25) is 11.8 Å². The first-order chi connectivity index (χ1) is 19.9. The standard InChI is InChI=1S/C31H33N5O6/c1-31(2,3)29(41)36-18-23(33-30(42)32-21-12-10-11-20(17-21)28(39)40)27(38)35(24-15-8-9-16-25(24)36)19-26(37)34(4)22-13-6-5-7-14-22/h5-17,23H,18-19H2,1-4H3,(H,39,40)(H2,32,33,42). The summed E-state index contributed by atoms with van der Waals surface area (Å²) >= 11 is 0. The molecule has 1 aliphatic rings. The summed E-state index contributed by atoms with van der Waals surface area (Å²) in [5, 5.41) is 14.5. The molecule has 0 radical (unpaired) electrons. The minimum Gasteiger partial charge on any atom is -0.478 e. The molecule has 1 heterocycles. The molecular weight excluding hydrogens is 538 g/mol. The zero-order valence-electron chi connectivity index (χ0n) is 23.8. The molecule has 3 N–H and O–H groups in total. The number of amides is 5. The smallest absolute Gasteiger partial charge is 0.335 e. The summed E-state index contributed by atoms with van der Waals surface area (Å²) in [7, 11) is 1.61. The molecule has 3 aromatic rings. The number of fused-ring (bicyclic) bond motifs is 1. The van der Waals surface area contributed by atoms with E-state index in [1.165, 1.54) is 39.0 Å². The maximum atomic E-state index is 14.0. The highest BCUT2D eigenvalue weighted by atomic mass is 16.4. The Morgan fingerprint density at radius 3 is 2.21 bits per heavy atom. The number of anilines is 4. The first kappa shape index (κ1) is 29.8. The molecule has 4 rings (SSSR count). The molecule has 11 heteroatoms. The van der Waals surface area contributed by atoms with Gasteiger partial charge in [0.25, 0.3) is 5.91 Å². The van der Waals surface area contributed by atoms with Crippen molar-refractivity contribution in [2.75, 3.05) is 40.2 Å². The second-order valence-electron chi connectivity index (χ2n) is 10.9. The van der Waals surface area contributed by atoms with E-state index in [1.54, 1.807) is 76.3 Å². The summed E-state index contributed by atoms with van der Waals surface area (Å²) in [6, 6.07) is 19.4. The number of benzene rings is 3. The number of carbonyl (C=O) groups is 5. The van der Waals surface area contributed by atoms with Crippen molar-refractivity contribution in [3.63, 3.8) is 0 Å². The Bertz CT molecular complexity index is 1520. The molecule has 1 unspecified atom stereocenters. The zero-order valence-corrected chi connectivity index (χ0v) is 23.8. The fraction of sp³-hybridized carbons (Fsp3) is 0.258. The third-order valence-corrected chi connectivity index (χ3v) is 6.76. The van der Waals surface area contributed by atoms with Crippen LogP contribution in [-0.4, -0.2) is 61.0 Å². The number of carbonyl (C=O) groups excluding carboxylic acids is 4. The van der Waals surface area contributed by atoms with Crippen molar-refractivity contribution in [1.82, 2.24) is 5.32 Å². The van der Waals surface area contributed by atoms with Crippen LogP contribution in [-0.2, 0) is 14.4 Å². The van der Waals surface area contributed by atoms with Crippen LogP contribution in [0.15, 0.2) is 78.9 Å². The van der Waals surface area contributed by atoms with Crippen molar-refractivity contribution in [2.45, 2.75) is 26.8 Å². The maximum absolute atomic E-state index is 14.0. The van der Waals surface area contributed by atoms with Crippen LogP contribution in [0.2, 0.25) is 0 Å². The first-order valence-corrected chi connectivity index (χ1v) is 13.3. The lowest BCUT2D eigenvalue weighted by Gasteiger charge is -2.31. The minimum atomic E-state index is -1.24. The van der Waals surface area contributed by atoms with Crippen molar-refractivity contribution < 1.29 is 29.1 Å². The molecular formula is C31H33N5O6. The fourth-order valence-electron chi connectivity index (χ4n) is 4.55. The number of hydrogen-bond acceptors (Lipinski definition) is 5. The van der Waals surface area contributed by atoms with Gasteiger partial charge in [0.05, 0.1) is 23.5 Å². The zero-order chi connectivity index (χ0) is 30.6. The number of carboxylic acids is 1. The Labute approximate surface area is 243 Å². The number of nitrogens with one attached hydrogen (secondary N) is 2. The summed E-state index contributed by atoms with van der Waals surface area (Å²) in [6.07, 6.45) is 0. The van der Waals surface area contributed by atoms with E-state index in [0.29, 0.717) is 17.1 Å². The van der Waals surface area contributed by atoms with Gasteiger partial charge in [-0.25, -0.2) is 9.59 Å². The molecule has 42 heavy (non-hydrogen) atoms. The molecule has 0 saturated carbocycles. The summed E-state index contributed by atoms with van der Waals surface area (Å²) in [4.78, 5) is 69.7. The molecule has 0 spiro atoms. The number of aromatic carboxylic acids is 1. The lowest BCUT2D eigenvalue weighted by Crippen LogP contribution is -2.55. The Kier molecular flexibility index (Phi) is 8.60. The van der Waals surface area contributed by atoms with Crippen molar-refractivity contribution >= 4 is 52.5 Å². The number of likely N-dealkylation sites (N-methyl/N-ethyl adjacent to an activating group) is 1. The SMILES string of the molecule is CN(C(=O)CN1C(=O)C(NC(=O)Nc2cccc(C(=O)O)c2)CN(C(=O)C(C)(C)C)c2ccccc21)c1ccccc1. The first-order valence-electron chi connectivity index (χ1n) is 13.3. The molecule has 0 aromatic heterocycles. The van der Waals surface area contributed by atoms with Gasteiger partial charge >= 0.3 is 12.0 Å². The van der Waals surface area contributed by atoms with E-state index in [-0.39, 0.29) is 36.2 Å². The van der Waals surface area contributed by atoms with Gasteiger partial charge in [0, 0.05) is 23.8 Å². The average molecular weight is 572 g/mol. The van der Waals surface area contributed by atoms with Crippen LogP contribution in [0.1, 0.15) is 31.1 Å². The van der Waals surface area contributed by atoms with E-state index >= 15 is 0 Å². The third kappa shape index (κ3) is 6.57. The van der Waals surface area contributed by atoms with Gasteiger partial charge in [-0.15, -0.1) is 0 Å². The molecule has 3 aromatic carbocycles. The van der Waals surface area contributed by atoms with Crippen LogP contribution < -0.4 is 25.3 Å². The van der Waals surface area contributed by atoms with E-state index in [2.05, 4.69) is 10.6 Å². The largest absolute Gasteiger partial charge is 0.478 e. The Morgan fingerprint density at radius 1 is 0.929 bits per heavy atom. The second-order valence-corrected chi connectivity index (χ2v) is 10.9. The van der Waals surface area contributed by atoms with Crippen molar-refractivity contribution in [2.24, 2.45) is 5.41 Å². The predicted molar refractivity (Wildman–Crippen MR) is 160 cm³/mol. The monoisotopic (exact) mass is 571 g/mol. The lowest BCUT2D eigenvalue weighted by molar-refractivity contribution is -0.126. The van der Waals surface area contributed by atoms with E-state index in [9.17, 15) is 29.1 Å². The van der Waals surface area contributed by atoms with Gasteiger partial charge in [0.15, 0.2) is 0 Å². The van der Waals surface area contributed by atoms with Crippen molar-refractivity contribution in [1.29, 1.82) is 0 Å². The number of carboxylic acid groups (broad SMARTS) is 1. The highest BCUT2D eigenvalue weighted by molar-refractivity contribution is 6.12. The fourth-order valence-corrected chi connectivity index (χ4v) is 4.55. The molecule has 0 saturated heterocycles. The Hall–Kier alpha value is -5.19. The summed E-state index contributed by atoms with van der Waals surface area (Å²) in [5.41, 5.74) is 0.784. The van der Waals surface area contributed by atoms with Crippen molar-refractivity contribution in [3.05, 3.63) is 84.4 Å².